The molecule has 0 bridgehead atoms. The van der Waals surface area contributed by atoms with Crippen molar-refractivity contribution in [2.75, 3.05) is 13.7 Å². The Hall–Kier alpha value is -1.54. The van der Waals surface area contributed by atoms with Crippen molar-refractivity contribution in [3.8, 4) is 18.1 Å². The lowest BCUT2D eigenvalue weighted by Gasteiger charge is -2.06. The van der Waals surface area contributed by atoms with Crippen LogP contribution in [0.3, 0.4) is 0 Å². The van der Waals surface area contributed by atoms with Gasteiger partial charge in [-0.2, -0.15) is 0 Å². The summed E-state index contributed by atoms with van der Waals surface area (Å²) in [5, 5.41) is 0. The summed E-state index contributed by atoms with van der Waals surface area (Å²) >= 11 is 3.15. The molecule has 78 valence electrons. The van der Waals surface area contributed by atoms with E-state index < -0.39 is 5.97 Å². The highest BCUT2D eigenvalue weighted by Crippen LogP contribution is 2.20. The minimum atomic E-state index is -0.566. The van der Waals surface area contributed by atoms with Gasteiger partial charge in [0.15, 0.2) is 11.4 Å². The molecule has 0 fully saturated rings. The molecule has 0 amide bonds. The normalized spacial score (nSPS) is 9.13. The topological polar surface area (TPSA) is 48.4 Å². The van der Waals surface area contributed by atoms with Gasteiger partial charge in [0.1, 0.15) is 11.2 Å². The largest absolute Gasteiger partial charge is 0.478 e. The second-order valence-electron chi connectivity index (χ2n) is 2.47. The van der Waals surface area contributed by atoms with E-state index in [-0.39, 0.29) is 12.3 Å². The van der Waals surface area contributed by atoms with Crippen molar-refractivity contribution < 1.29 is 14.3 Å². The average Bonchev–Trinajstić information content (AvgIpc) is 2.26. The summed E-state index contributed by atoms with van der Waals surface area (Å²) in [7, 11) is 1.27. The Morgan fingerprint density at radius 1 is 1.67 bits per heavy atom. The molecule has 1 aromatic rings. The van der Waals surface area contributed by atoms with E-state index in [2.05, 4.69) is 31.6 Å². The van der Waals surface area contributed by atoms with E-state index in [4.69, 9.17) is 11.2 Å². The summed E-state index contributed by atoms with van der Waals surface area (Å²) in [5.41, 5.74) is 0.0992. The van der Waals surface area contributed by atoms with E-state index >= 15 is 0 Å². The first-order valence-electron chi connectivity index (χ1n) is 4.00. The number of hydrogen-bond donors (Lipinski definition) is 0. The standard InChI is InChI=1S/C10H8BrNO3/c1-3-6-15-7-4-5-8(11)12-9(7)10(13)14-2/h1,4-5H,6H2,2H3. The Morgan fingerprint density at radius 3 is 3.00 bits per heavy atom. The number of rotatable bonds is 3. The number of carbonyl (C=O) groups is 1. The number of aromatic nitrogens is 1. The van der Waals surface area contributed by atoms with Gasteiger partial charge >= 0.3 is 5.97 Å². The van der Waals surface area contributed by atoms with Gasteiger partial charge in [0.2, 0.25) is 0 Å². The highest BCUT2D eigenvalue weighted by molar-refractivity contribution is 9.10. The van der Waals surface area contributed by atoms with Crippen LogP contribution in [0.4, 0.5) is 0 Å². The fourth-order valence-corrected chi connectivity index (χ4v) is 1.21. The second kappa shape index (κ2) is 5.37. The van der Waals surface area contributed by atoms with E-state index in [1.54, 1.807) is 12.1 Å². The molecular formula is C10H8BrNO3. The minimum absolute atomic E-state index is 0.0767. The number of carbonyl (C=O) groups excluding carboxylic acids is 1. The lowest BCUT2D eigenvalue weighted by Crippen LogP contribution is -2.08. The molecule has 0 unspecified atom stereocenters. The predicted octanol–water partition coefficient (Wildman–Crippen LogP) is 1.64. The van der Waals surface area contributed by atoms with E-state index in [1.807, 2.05) is 0 Å². The Kier molecular flexibility index (Phi) is 4.13. The summed E-state index contributed by atoms with van der Waals surface area (Å²) in [4.78, 5) is 15.3. The molecule has 0 aliphatic heterocycles. The molecule has 0 aliphatic rings. The van der Waals surface area contributed by atoms with Gasteiger partial charge in [-0.25, -0.2) is 9.78 Å². The average molecular weight is 270 g/mol. The van der Waals surface area contributed by atoms with Crippen LogP contribution in [-0.4, -0.2) is 24.7 Å². The molecule has 0 saturated carbocycles. The zero-order chi connectivity index (χ0) is 11.3. The van der Waals surface area contributed by atoms with Crippen LogP contribution < -0.4 is 4.74 Å². The second-order valence-corrected chi connectivity index (χ2v) is 3.28. The smallest absolute Gasteiger partial charge is 0.360 e. The number of pyridine rings is 1. The van der Waals surface area contributed by atoms with Crippen LogP contribution in [0.2, 0.25) is 0 Å². The van der Waals surface area contributed by atoms with Crippen LogP contribution in [0.5, 0.6) is 5.75 Å². The lowest BCUT2D eigenvalue weighted by atomic mass is 10.3. The fraction of sp³-hybridized carbons (Fsp3) is 0.200. The molecule has 4 nitrogen and oxygen atoms in total. The first-order chi connectivity index (χ1) is 7.19. The third-order valence-electron chi connectivity index (χ3n) is 1.51. The third-order valence-corrected chi connectivity index (χ3v) is 1.96. The molecule has 0 spiro atoms. The molecule has 0 aromatic carbocycles. The molecule has 0 aliphatic carbocycles. The molecule has 1 rings (SSSR count). The van der Waals surface area contributed by atoms with Crippen LogP contribution in [0.15, 0.2) is 16.7 Å². The first-order valence-corrected chi connectivity index (χ1v) is 4.79. The number of ether oxygens (including phenoxy) is 2. The van der Waals surface area contributed by atoms with E-state index in [0.717, 1.165) is 0 Å². The number of nitrogens with zero attached hydrogens (tertiary/aromatic N) is 1. The maximum Gasteiger partial charge on any atom is 0.360 e. The van der Waals surface area contributed by atoms with Gasteiger partial charge in [0, 0.05) is 0 Å². The van der Waals surface area contributed by atoms with Gasteiger partial charge in [0.25, 0.3) is 0 Å². The maximum absolute atomic E-state index is 11.3. The summed E-state index contributed by atoms with van der Waals surface area (Å²) in [6.07, 6.45) is 5.04. The number of esters is 1. The van der Waals surface area contributed by atoms with Crippen LogP contribution in [0.1, 0.15) is 10.5 Å². The van der Waals surface area contributed by atoms with Crippen LogP contribution in [0.25, 0.3) is 0 Å². The predicted molar refractivity (Wildman–Crippen MR) is 57.6 cm³/mol. The molecule has 0 atom stereocenters. The zero-order valence-corrected chi connectivity index (χ0v) is 9.58. The monoisotopic (exact) mass is 269 g/mol. The fourth-order valence-electron chi connectivity index (χ4n) is 0.901. The number of hydrogen-bond acceptors (Lipinski definition) is 4. The first kappa shape index (κ1) is 11.5. The molecule has 1 heterocycles. The number of methoxy groups -OCH3 is 1. The van der Waals surface area contributed by atoms with Crippen LogP contribution >= 0.6 is 15.9 Å². The summed E-state index contributed by atoms with van der Waals surface area (Å²) in [6.45, 7) is 0.0767. The summed E-state index contributed by atoms with van der Waals surface area (Å²) in [6, 6.07) is 3.25. The molecule has 1 aromatic heterocycles. The van der Waals surface area contributed by atoms with Gasteiger partial charge < -0.3 is 9.47 Å². The maximum atomic E-state index is 11.3. The van der Waals surface area contributed by atoms with Gasteiger partial charge in [0.05, 0.1) is 7.11 Å². The van der Waals surface area contributed by atoms with Crippen molar-refractivity contribution in [3.63, 3.8) is 0 Å². The molecule has 0 N–H and O–H groups in total. The van der Waals surface area contributed by atoms with Gasteiger partial charge in [-0.15, -0.1) is 6.42 Å². The Morgan fingerprint density at radius 2 is 2.40 bits per heavy atom. The highest BCUT2D eigenvalue weighted by atomic mass is 79.9. The summed E-state index contributed by atoms with van der Waals surface area (Å²) in [5.74, 6) is 2.04. The van der Waals surface area contributed by atoms with Crippen molar-refractivity contribution in [2.24, 2.45) is 0 Å². The highest BCUT2D eigenvalue weighted by Gasteiger charge is 2.15. The Labute approximate surface area is 95.7 Å². The Balaban J connectivity index is 3.04. The van der Waals surface area contributed by atoms with Crippen molar-refractivity contribution in [2.45, 2.75) is 0 Å². The quantitative estimate of drug-likeness (QED) is 0.476. The molecule has 15 heavy (non-hydrogen) atoms. The van der Waals surface area contributed by atoms with Crippen molar-refractivity contribution >= 4 is 21.9 Å². The van der Waals surface area contributed by atoms with Crippen molar-refractivity contribution in [3.05, 3.63) is 22.4 Å². The van der Waals surface area contributed by atoms with E-state index in [1.165, 1.54) is 7.11 Å². The SMILES string of the molecule is C#CCOc1ccc(Br)nc1C(=O)OC. The molecule has 0 radical (unpaired) electrons. The van der Waals surface area contributed by atoms with E-state index in [9.17, 15) is 4.79 Å². The minimum Gasteiger partial charge on any atom is -0.478 e. The molecule has 0 saturated heterocycles. The van der Waals surface area contributed by atoms with Crippen molar-refractivity contribution in [1.82, 2.24) is 4.98 Å². The zero-order valence-electron chi connectivity index (χ0n) is 7.99. The van der Waals surface area contributed by atoms with Gasteiger partial charge in [-0.1, -0.05) is 5.92 Å². The third kappa shape index (κ3) is 2.96. The van der Waals surface area contributed by atoms with Gasteiger partial charge in [-0.3, -0.25) is 0 Å². The number of terminal acetylenes is 1. The number of halogens is 1. The van der Waals surface area contributed by atoms with E-state index in [0.29, 0.717) is 10.4 Å². The molecular weight excluding hydrogens is 262 g/mol. The molecule has 5 heteroatoms. The van der Waals surface area contributed by atoms with Crippen molar-refractivity contribution in [1.29, 1.82) is 0 Å². The van der Waals surface area contributed by atoms with Gasteiger partial charge in [-0.05, 0) is 28.1 Å². The van der Waals surface area contributed by atoms with Crippen LogP contribution in [-0.2, 0) is 4.74 Å². The van der Waals surface area contributed by atoms with Crippen LogP contribution in [0, 0.1) is 12.3 Å². The lowest BCUT2D eigenvalue weighted by molar-refractivity contribution is 0.0589. The Bertz CT molecular complexity index is 412. The summed E-state index contributed by atoms with van der Waals surface area (Å²) < 4.78 is 10.2.